The topological polar surface area (TPSA) is 85.1 Å². The fraction of sp³-hybridized carbons (Fsp3) is 0.600. The van der Waals surface area contributed by atoms with Crippen molar-refractivity contribution in [3.8, 4) is 11.5 Å². The number of benzene rings is 1. The van der Waals surface area contributed by atoms with Gasteiger partial charge in [-0.25, -0.2) is 0 Å². The number of likely N-dealkylation sites (tertiary alicyclic amines) is 2. The van der Waals surface area contributed by atoms with Crippen LogP contribution >= 0.6 is 0 Å². The van der Waals surface area contributed by atoms with Gasteiger partial charge in [-0.2, -0.15) is 0 Å². The number of piperidine rings is 1. The first-order valence-electron chi connectivity index (χ1n) is 9.37. The molecule has 1 spiro atoms. The molecule has 1 atom stereocenters. The van der Waals surface area contributed by atoms with E-state index < -0.39 is 6.04 Å². The SMILES string of the molecule is COc1ccc([C@H](N)CC(=O)N2CCC3(CC2)CC(=O)N(C)C3)cc1OC. The van der Waals surface area contributed by atoms with Crippen LogP contribution in [0.1, 0.15) is 37.3 Å². The van der Waals surface area contributed by atoms with E-state index in [2.05, 4.69) is 0 Å². The van der Waals surface area contributed by atoms with Crippen molar-refractivity contribution < 1.29 is 19.1 Å². The maximum absolute atomic E-state index is 12.7. The zero-order valence-electron chi connectivity index (χ0n) is 16.4. The molecule has 2 amide bonds. The maximum atomic E-state index is 12.7. The third-order valence-corrected chi connectivity index (χ3v) is 5.93. The Morgan fingerprint density at radius 3 is 2.44 bits per heavy atom. The normalized spacial score (nSPS) is 20.1. The molecule has 0 saturated carbocycles. The van der Waals surface area contributed by atoms with Crippen molar-refractivity contribution in [2.24, 2.45) is 11.1 Å². The van der Waals surface area contributed by atoms with E-state index in [0.29, 0.717) is 31.0 Å². The molecule has 3 rings (SSSR count). The van der Waals surface area contributed by atoms with Crippen molar-refractivity contribution in [1.29, 1.82) is 0 Å². The van der Waals surface area contributed by atoms with E-state index in [1.54, 1.807) is 20.3 Å². The summed E-state index contributed by atoms with van der Waals surface area (Å²) in [5, 5.41) is 0. The molecular formula is C20H29N3O4. The molecule has 2 aliphatic rings. The number of nitrogens with zero attached hydrogens (tertiary/aromatic N) is 2. The maximum Gasteiger partial charge on any atom is 0.224 e. The van der Waals surface area contributed by atoms with Crippen LogP contribution in [-0.2, 0) is 9.59 Å². The number of amides is 2. The van der Waals surface area contributed by atoms with Gasteiger partial charge in [0.15, 0.2) is 11.5 Å². The second kappa shape index (κ2) is 7.76. The Morgan fingerprint density at radius 2 is 1.89 bits per heavy atom. The van der Waals surface area contributed by atoms with Crippen LogP contribution in [0.4, 0.5) is 0 Å². The summed E-state index contributed by atoms with van der Waals surface area (Å²) in [5.41, 5.74) is 7.17. The summed E-state index contributed by atoms with van der Waals surface area (Å²) < 4.78 is 10.6. The standard InChI is InChI=1S/C20H29N3O4/c1-22-13-20(12-19(22)25)6-8-23(9-7-20)18(24)11-15(21)14-4-5-16(26-2)17(10-14)27-3/h4-5,10,15H,6-9,11-13,21H2,1-3H3/t15-/m1/s1. The van der Waals surface area contributed by atoms with Gasteiger partial charge in [-0.1, -0.05) is 6.07 Å². The molecule has 0 unspecified atom stereocenters. The Morgan fingerprint density at radius 1 is 1.22 bits per heavy atom. The Balaban J connectivity index is 1.57. The van der Waals surface area contributed by atoms with Gasteiger partial charge in [0.25, 0.3) is 0 Å². The lowest BCUT2D eigenvalue weighted by molar-refractivity contribution is -0.133. The number of ether oxygens (including phenoxy) is 2. The first-order chi connectivity index (χ1) is 12.9. The van der Waals surface area contributed by atoms with Gasteiger partial charge in [-0.05, 0) is 30.5 Å². The van der Waals surface area contributed by atoms with Gasteiger partial charge in [0.05, 0.1) is 14.2 Å². The molecule has 7 nitrogen and oxygen atoms in total. The summed E-state index contributed by atoms with van der Waals surface area (Å²) in [4.78, 5) is 28.3. The zero-order valence-corrected chi connectivity index (χ0v) is 16.4. The molecule has 1 aromatic carbocycles. The van der Waals surface area contributed by atoms with Gasteiger partial charge in [0.1, 0.15) is 0 Å². The lowest BCUT2D eigenvalue weighted by atomic mass is 9.77. The van der Waals surface area contributed by atoms with Crippen LogP contribution in [0.3, 0.4) is 0 Å². The zero-order chi connectivity index (χ0) is 19.6. The molecule has 0 bridgehead atoms. The van der Waals surface area contributed by atoms with Crippen molar-refractivity contribution in [3.63, 3.8) is 0 Å². The van der Waals surface area contributed by atoms with E-state index >= 15 is 0 Å². The Bertz CT molecular complexity index is 713. The molecule has 0 aliphatic carbocycles. The molecule has 2 fully saturated rings. The predicted molar refractivity (Wildman–Crippen MR) is 102 cm³/mol. The molecule has 148 valence electrons. The van der Waals surface area contributed by atoms with Gasteiger partial charge >= 0.3 is 0 Å². The fourth-order valence-electron chi connectivity index (χ4n) is 4.19. The molecule has 2 saturated heterocycles. The lowest BCUT2D eigenvalue weighted by Crippen LogP contribution is -2.44. The summed E-state index contributed by atoms with van der Waals surface area (Å²) in [5.74, 6) is 1.51. The average molecular weight is 375 g/mol. The molecule has 2 heterocycles. The van der Waals surface area contributed by atoms with Crippen LogP contribution in [0.5, 0.6) is 11.5 Å². The highest BCUT2D eigenvalue weighted by atomic mass is 16.5. The second-order valence-corrected chi connectivity index (χ2v) is 7.73. The van der Waals surface area contributed by atoms with Gasteiger partial charge in [0.2, 0.25) is 11.8 Å². The summed E-state index contributed by atoms with van der Waals surface area (Å²) in [6.07, 6.45) is 2.61. The number of nitrogens with two attached hydrogens (primary N) is 1. The highest BCUT2D eigenvalue weighted by Gasteiger charge is 2.44. The van der Waals surface area contributed by atoms with Crippen molar-refractivity contribution in [2.45, 2.75) is 31.7 Å². The van der Waals surface area contributed by atoms with Crippen molar-refractivity contribution >= 4 is 11.8 Å². The number of carbonyl (C=O) groups is 2. The van der Waals surface area contributed by atoms with Crippen molar-refractivity contribution in [1.82, 2.24) is 9.80 Å². The Hall–Kier alpha value is -2.28. The van der Waals surface area contributed by atoms with Crippen LogP contribution in [0.2, 0.25) is 0 Å². The number of methoxy groups -OCH3 is 2. The fourth-order valence-corrected chi connectivity index (χ4v) is 4.19. The number of hydrogen-bond donors (Lipinski definition) is 1. The third kappa shape index (κ3) is 4.03. The van der Waals surface area contributed by atoms with Gasteiger partial charge in [-0.3, -0.25) is 9.59 Å². The molecule has 0 radical (unpaired) electrons. The smallest absolute Gasteiger partial charge is 0.224 e. The monoisotopic (exact) mass is 375 g/mol. The highest BCUT2D eigenvalue weighted by molar-refractivity contribution is 5.80. The van der Waals surface area contributed by atoms with E-state index in [4.69, 9.17) is 15.2 Å². The summed E-state index contributed by atoms with van der Waals surface area (Å²) >= 11 is 0. The molecule has 2 aliphatic heterocycles. The summed E-state index contributed by atoms with van der Waals surface area (Å²) in [6.45, 7) is 2.19. The minimum Gasteiger partial charge on any atom is -0.493 e. The highest BCUT2D eigenvalue weighted by Crippen LogP contribution is 2.40. The third-order valence-electron chi connectivity index (χ3n) is 5.93. The van der Waals surface area contributed by atoms with Gasteiger partial charge < -0.3 is 25.0 Å². The molecule has 2 N–H and O–H groups in total. The molecular weight excluding hydrogens is 346 g/mol. The summed E-state index contributed by atoms with van der Waals surface area (Å²) in [7, 11) is 5.02. The first-order valence-corrected chi connectivity index (χ1v) is 9.37. The van der Waals surface area contributed by atoms with E-state index in [1.807, 2.05) is 29.0 Å². The molecule has 0 aromatic heterocycles. The summed E-state index contributed by atoms with van der Waals surface area (Å²) in [6, 6.07) is 5.09. The quantitative estimate of drug-likeness (QED) is 0.844. The van der Waals surface area contributed by atoms with E-state index in [9.17, 15) is 9.59 Å². The average Bonchev–Trinajstić information content (AvgIpc) is 2.94. The predicted octanol–water partition coefficient (Wildman–Crippen LogP) is 1.56. The van der Waals surface area contributed by atoms with E-state index in [1.165, 1.54) is 0 Å². The Kier molecular flexibility index (Phi) is 5.60. The van der Waals surface area contributed by atoms with Crippen LogP contribution in [0.25, 0.3) is 0 Å². The minimum absolute atomic E-state index is 0.0497. The molecule has 1 aromatic rings. The van der Waals surface area contributed by atoms with Crippen molar-refractivity contribution in [3.05, 3.63) is 23.8 Å². The Labute approximate surface area is 160 Å². The molecule has 7 heteroatoms. The second-order valence-electron chi connectivity index (χ2n) is 7.73. The van der Waals surface area contributed by atoms with Crippen molar-refractivity contribution in [2.75, 3.05) is 40.9 Å². The lowest BCUT2D eigenvalue weighted by Gasteiger charge is -2.39. The van der Waals surface area contributed by atoms with Crippen LogP contribution < -0.4 is 15.2 Å². The van der Waals surface area contributed by atoms with E-state index in [-0.39, 0.29) is 23.7 Å². The van der Waals surface area contributed by atoms with Gasteiger partial charge in [-0.15, -0.1) is 0 Å². The van der Waals surface area contributed by atoms with Crippen LogP contribution in [-0.4, -0.2) is 62.5 Å². The first kappa shape index (κ1) is 19.5. The van der Waals surface area contributed by atoms with E-state index in [0.717, 1.165) is 24.9 Å². The minimum atomic E-state index is -0.396. The van der Waals surface area contributed by atoms with Crippen LogP contribution in [0, 0.1) is 5.41 Å². The largest absolute Gasteiger partial charge is 0.493 e. The number of rotatable bonds is 5. The number of carbonyl (C=O) groups excluding carboxylic acids is 2. The van der Waals surface area contributed by atoms with Gasteiger partial charge in [0, 0.05) is 51.0 Å². The molecule has 27 heavy (non-hydrogen) atoms. The van der Waals surface area contributed by atoms with Crippen LogP contribution in [0.15, 0.2) is 18.2 Å². The number of hydrogen-bond acceptors (Lipinski definition) is 5.